The molecule has 0 saturated carbocycles. The smallest absolute Gasteiger partial charge is 0.311 e. The number of nitrogens with one attached hydrogen (secondary N) is 1. The minimum atomic E-state index is -1.37. The normalized spacial score (nSPS) is 15.2. The van der Waals surface area contributed by atoms with Crippen LogP contribution in [-0.2, 0) is 42.9 Å². The van der Waals surface area contributed by atoms with Gasteiger partial charge in [0.15, 0.2) is 0 Å². The number of likely N-dealkylation sites (N-methyl/N-ethyl adjacent to an activating group) is 1. The molecule has 13 nitrogen and oxygen atoms in total. The third-order valence-electron chi connectivity index (χ3n) is 6.22. The first-order chi connectivity index (χ1) is 19.2. The minimum absolute atomic E-state index is 0.0293. The van der Waals surface area contributed by atoms with Crippen LogP contribution in [0.3, 0.4) is 0 Å². The number of aliphatic hydroxyl groups is 3. The van der Waals surface area contributed by atoms with Gasteiger partial charge >= 0.3 is 23.9 Å². The third kappa shape index (κ3) is 14.7. The quantitative estimate of drug-likeness (QED) is 0.0873. The molecule has 0 amide bonds. The van der Waals surface area contributed by atoms with E-state index in [1.165, 1.54) is 0 Å². The Hall–Kier alpha value is -2.32. The van der Waals surface area contributed by atoms with E-state index in [4.69, 9.17) is 28.8 Å². The average Bonchev–Trinajstić information content (AvgIpc) is 2.87. The number of hydrogen-bond acceptors (Lipinski definition) is 13. The summed E-state index contributed by atoms with van der Waals surface area (Å²) in [4.78, 5) is 50.8. The Bertz CT molecular complexity index is 867. The fraction of sp³-hybridized carbons (Fsp3) is 0.862. The molecular weight excluding hydrogens is 554 g/mol. The lowest BCUT2D eigenvalue weighted by Crippen LogP contribution is -2.44. The SMILES string of the molecule is CNCC(O)COC(=O)C(C)(CC(C)(C)C(=O)OCCO)CC(C)(C)C(=O)OCCOCC(O)COC(=O)C(C)(C)C. The number of hydrogen-bond donors (Lipinski definition) is 4. The molecule has 0 aromatic heterocycles. The molecule has 246 valence electrons. The topological polar surface area (TPSA) is 187 Å². The summed E-state index contributed by atoms with van der Waals surface area (Å²) in [6.45, 7) is 11.9. The molecular formula is C29H53NO12. The second-order valence-electron chi connectivity index (χ2n) is 13.1. The van der Waals surface area contributed by atoms with E-state index in [1.54, 1.807) is 62.4 Å². The third-order valence-corrected chi connectivity index (χ3v) is 6.22. The Morgan fingerprint density at radius 3 is 1.60 bits per heavy atom. The fourth-order valence-corrected chi connectivity index (χ4v) is 4.32. The molecule has 3 unspecified atom stereocenters. The first-order valence-electron chi connectivity index (χ1n) is 14.1. The molecule has 0 spiro atoms. The maximum atomic E-state index is 13.3. The first-order valence-corrected chi connectivity index (χ1v) is 14.1. The predicted octanol–water partition coefficient (Wildman–Crippen LogP) is 0.994. The molecule has 0 rings (SSSR count). The van der Waals surface area contributed by atoms with Crippen molar-refractivity contribution >= 4 is 23.9 Å². The monoisotopic (exact) mass is 607 g/mol. The van der Waals surface area contributed by atoms with Crippen molar-refractivity contribution in [1.82, 2.24) is 5.32 Å². The largest absolute Gasteiger partial charge is 0.463 e. The van der Waals surface area contributed by atoms with Gasteiger partial charge in [0.25, 0.3) is 0 Å². The molecule has 0 aliphatic rings. The molecule has 0 aromatic carbocycles. The van der Waals surface area contributed by atoms with E-state index in [-0.39, 0.29) is 65.6 Å². The lowest BCUT2D eigenvalue weighted by atomic mass is 9.66. The highest BCUT2D eigenvalue weighted by atomic mass is 16.6. The molecule has 0 aliphatic heterocycles. The summed E-state index contributed by atoms with van der Waals surface area (Å²) in [6.07, 6.45) is -2.11. The van der Waals surface area contributed by atoms with Crippen LogP contribution >= 0.6 is 0 Å². The molecule has 42 heavy (non-hydrogen) atoms. The van der Waals surface area contributed by atoms with Crippen LogP contribution < -0.4 is 5.32 Å². The fourth-order valence-electron chi connectivity index (χ4n) is 4.32. The molecule has 13 heteroatoms. The Morgan fingerprint density at radius 1 is 0.643 bits per heavy atom. The van der Waals surface area contributed by atoms with Crippen molar-refractivity contribution in [2.45, 2.75) is 80.4 Å². The minimum Gasteiger partial charge on any atom is -0.463 e. The van der Waals surface area contributed by atoms with Crippen LogP contribution in [0.15, 0.2) is 0 Å². The molecule has 0 fully saturated rings. The number of rotatable bonds is 20. The second kappa shape index (κ2) is 17.7. The predicted molar refractivity (Wildman–Crippen MR) is 152 cm³/mol. The summed E-state index contributed by atoms with van der Waals surface area (Å²) < 4.78 is 26.2. The van der Waals surface area contributed by atoms with Crippen molar-refractivity contribution in [3.8, 4) is 0 Å². The van der Waals surface area contributed by atoms with Crippen molar-refractivity contribution in [2.75, 3.05) is 59.8 Å². The van der Waals surface area contributed by atoms with Gasteiger partial charge in [-0.2, -0.15) is 0 Å². The Labute approximate surface area is 249 Å². The maximum Gasteiger partial charge on any atom is 0.311 e. The van der Waals surface area contributed by atoms with Gasteiger partial charge in [0.05, 0.1) is 41.5 Å². The van der Waals surface area contributed by atoms with E-state index < -0.39 is 57.7 Å². The van der Waals surface area contributed by atoms with Gasteiger partial charge in [-0.15, -0.1) is 0 Å². The lowest BCUT2D eigenvalue weighted by Gasteiger charge is -2.38. The summed E-state index contributed by atoms with van der Waals surface area (Å²) in [5.74, 6) is -2.40. The van der Waals surface area contributed by atoms with Crippen LogP contribution in [0, 0.1) is 21.7 Å². The van der Waals surface area contributed by atoms with Crippen molar-refractivity contribution < 1.29 is 58.2 Å². The maximum absolute atomic E-state index is 13.3. The summed E-state index contributed by atoms with van der Waals surface area (Å²) in [5.41, 5.74) is -4.44. The molecule has 0 bridgehead atoms. The molecule has 0 radical (unpaired) electrons. The van der Waals surface area contributed by atoms with Gasteiger partial charge in [-0.3, -0.25) is 19.2 Å². The van der Waals surface area contributed by atoms with Gasteiger partial charge in [0.2, 0.25) is 0 Å². The van der Waals surface area contributed by atoms with E-state index in [1.807, 2.05) is 0 Å². The molecule has 0 aromatic rings. The molecule has 0 aliphatic carbocycles. The van der Waals surface area contributed by atoms with Crippen molar-refractivity contribution in [3.05, 3.63) is 0 Å². The molecule has 4 N–H and O–H groups in total. The van der Waals surface area contributed by atoms with Gasteiger partial charge in [-0.1, -0.05) is 0 Å². The number of ether oxygens (including phenoxy) is 5. The van der Waals surface area contributed by atoms with Crippen LogP contribution in [0.2, 0.25) is 0 Å². The zero-order valence-electron chi connectivity index (χ0n) is 26.7. The summed E-state index contributed by atoms with van der Waals surface area (Å²) in [7, 11) is 1.64. The Kier molecular flexibility index (Phi) is 16.7. The van der Waals surface area contributed by atoms with E-state index in [0.29, 0.717) is 0 Å². The molecule has 3 atom stereocenters. The molecule has 0 heterocycles. The van der Waals surface area contributed by atoms with Crippen LogP contribution in [0.1, 0.15) is 68.2 Å². The zero-order valence-corrected chi connectivity index (χ0v) is 26.7. The van der Waals surface area contributed by atoms with Gasteiger partial charge in [-0.25, -0.2) is 0 Å². The number of aliphatic hydroxyl groups excluding tert-OH is 3. The highest BCUT2D eigenvalue weighted by Crippen LogP contribution is 2.44. The zero-order chi connectivity index (χ0) is 32.8. The Balaban J connectivity index is 5.27. The number of esters is 4. The van der Waals surface area contributed by atoms with Gasteiger partial charge in [0.1, 0.15) is 38.6 Å². The van der Waals surface area contributed by atoms with Gasteiger partial charge in [0, 0.05) is 6.54 Å². The summed E-state index contributed by atoms with van der Waals surface area (Å²) >= 11 is 0. The van der Waals surface area contributed by atoms with Crippen molar-refractivity contribution in [1.29, 1.82) is 0 Å². The number of carbonyl (C=O) groups excluding carboxylic acids is 4. The van der Waals surface area contributed by atoms with Gasteiger partial charge in [-0.05, 0) is 75.3 Å². The highest BCUT2D eigenvalue weighted by molar-refractivity contribution is 5.82. The van der Waals surface area contributed by atoms with Crippen LogP contribution in [-0.4, -0.2) is 111 Å². The first kappa shape index (κ1) is 39.7. The summed E-state index contributed by atoms with van der Waals surface area (Å²) in [6, 6.07) is 0. The average molecular weight is 608 g/mol. The summed E-state index contributed by atoms with van der Waals surface area (Å²) in [5, 5.41) is 31.7. The van der Waals surface area contributed by atoms with Crippen LogP contribution in [0.25, 0.3) is 0 Å². The van der Waals surface area contributed by atoms with E-state index in [9.17, 15) is 29.4 Å². The standard InChI is InChI=1S/C29H53NO12/c1-26(2,3)22(34)41-17-21(33)15-38-12-13-40-24(36)28(6,7)19-29(8,25(37)42-16-20(32)14-30-9)18-27(4,5)23(35)39-11-10-31/h20-21,30-33H,10-19H2,1-9H3. The van der Waals surface area contributed by atoms with E-state index in [0.717, 1.165) is 0 Å². The Morgan fingerprint density at radius 2 is 1.12 bits per heavy atom. The molecule has 0 saturated heterocycles. The van der Waals surface area contributed by atoms with E-state index >= 15 is 0 Å². The van der Waals surface area contributed by atoms with E-state index in [2.05, 4.69) is 5.32 Å². The number of carbonyl (C=O) groups is 4. The van der Waals surface area contributed by atoms with Crippen LogP contribution in [0.4, 0.5) is 0 Å². The van der Waals surface area contributed by atoms with Crippen molar-refractivity contribution in [2.24, 2.45) is 21.7 Å². The van der Waals surface area contributed by atoms with Gasteiger partial charge < -0.3 is 44.3 Å². The van der Waals surface area contributed by atoms with Crippen molar-refractivity contribution in [3.63, 3.8) is 0 Å². The van der Waals surface area contributed by atoms with Crippen LogP contribution in [0.5, 0.6) is 0 Å². The lowest BCUT2D eigenvalue weighted by molar-refractivity contribution is -0.170. The second-order valence-corrected chi connectivity index (χ2v) is 13.1. The highest BCUT2D eigenvalue weighted by Gasteiger charge is 2.49.